The molecule has 0 bridgehead atoms. The molecule has 1 amide bonds. The second kappa shape index (κ2) is 6.98. The number of nitrogens with one attached hydrogen (secondary N) is 1. The van der Waals surface area contributed by atoms with Gasteiger partial charge in [-0.15, -0.1) is 0 Å². The number of halogens is 2. The van der Waals surface area contributed by atoms with Gasteiger partial charge in [-0.25, -0.2) is 4.68 Å². The summed E-state index contributed by atoms with van der Waals surface area (Å²) >= 11 is 0. The Morgan fingerprint density at radius 3 is 3.04 bits per heavy atom. The smallest absolute Gasteiger partial charge is 0.388 e. The minimum Gasteiger partial charge on any atom is -0.417 e. The molecule has 0 radical (unpaired) electrons. The molecule has 0 saturated carbocycles. The molecular weight excluding hydrogens is 316 g/mol. The lowest BCUT2D eigenvalue weighted by Gasteiger charge is -2.25. The topological polar surface area (TPSA) is 56.2 Å². The van der Waals surface area contributed by atoms with E-state index in [0.717, 1.165) is 23.9 Å². The fourth-order valence-electron chi connectivity index (χ4n) is 3.14. The summed E-state index contributed by atoms with van der Waals surface area (Å²) in [5, 5.41) is 6.76. The number of aromatic nitrogens is 2. The number of carbonyl (C=O) groups is 1. The van der Waals surface area contributed by atoms with Crippen molar-refractivity contribution in [3.05, 3.63) is 47.2 Å². The Morgan fingerprint density at radius 1 is 1.46 bits per heavy atom. The van der Waals surface area contributed by atoms with Crippen molar-refractivity contribution in [1.29, 1.82) is 0 Å². The highest BCUT2D eigenvalue weighted by Crippen LogP contribution is 2.30. The van der Waals surface area contributed by atoms with E-state index in [-0.39, 0.29) is 17.5 Å². The molecule has 2 aromatic rings. The summed E-state index contributed by atoms with van der Waals surface area (Å²) in [5.41, 5.74) is 2.66. The Labute approximate surface area is 138 Å². The van der Waals surface area contributed by atoms with Crippen molar-refractivity contribution in [2.45, 2.75) is 31.8 Å². The van der Waals surface area contributed by atoms with E-state index in [1.807, 2.05) is 12.1 Å². The van der Waals surface area contributed by atoms with E-state index in [0.29, 0.717) is 6.54 Å². The lowest BCUT2D eigenvalue weighted by atomic mass is 9.83. The standard InChI is InChI=1S/C17H19F2N3O2/c1-22-15(24-17(18)19)9-14(21-22)16(23)20-10-12-7-4-6-11-5-2-3-8-13(11)12/h2-3,5,8-9,12,17H,4,6-7,10H2,1H3,(H,20,23). The number of hydrogen-bond acceptors (Lipinski definition) is 3. The van der Waals surface area contributed by atoms with Gasteiger partial charge in [0.05, 0.1) is 0 Å². The van der Waals surface area contributed by atoms with E-state index in [2.05, 4.69) is 27.3 Å². The van der Waals surface area contributed by atoms with Crippen LogP contribution in [0.5, 0.6) is 5.88 Å². The zero-order valence-corrected chi connectivity index (χ0v) is 13.3. The Hall–Kier alpha value is -2.44. The van der Waals surface area contributed by atoms with Crippen LogP contribution in [0.25, 0.3) is 0 Å². The Morgan fingerprint density at radius 2 is 2.25 bits per heavy atom. The maximum Gasteiger partial charge on any atom is 0.388 e. The average Bonchev–Trinajstić information content (AvgIpc) is 2.93. The summed E-state index contributed by atoms with van der Waals surface area (Å²) in [4.78, 5) is 12.2. The molecule has 1 heterocycles. The highest BCUT2D eigenvalue weighted by atomic mass is 19.3. The lowest BCUT2D eigenvalue weighted by Crippen LogP contribution is -2.30. The molecule has 1 aromatic carbocycles. The number of alkyl halides is 2. The predicted octanol–water partition coefficient (Wildman–Crippen LogP) is 2.87. The minimum absolute atomic E-state index is 0.0669. The van der Waals surface area contributed by atoms with Gasteiger partial charge in [-0.3, -0.25) is 4.79 Å². The van der Waals surface area contributed by atoms with Crippen LogP contribution in [-0.2, 0) is 13.5 Å². The molecule has 7 heteroatoms. The van der Waals surface area contributed by atoms with Crippen LogP contribution in [0.3, 0.4) is 0 Å². The van der Waals surface area contributed by atoms with Crippen LogP contribution >= 0.6 is 0 Å². The van der Waals surface area contributed by atoms with Crippen molar-refractivity contribution in [2.75, 3.05) is 6.54 Å². The van der Waals surface area contributed by atoms with Gasteiger partial charge >= 0.3 is 6.61 Å². The lowest BCUT2D eigenvalue weighted by molar-refractivity contribution is -0.0553. The molecule has 1 aliphatic rings. The van der Waals surface area contributed by atoms with Gasteiger partial charge in [-0.2, -0.15) is 13.9 Å². The van der Waals surface area contributed by atoms with Gasteiger partial charge in [-0.05, 0) is 30.4 Å². The Balaban J connectivity index is 1.64. The third-order valence-corrected chi connectivity index (χ3v) is 4.28. The molecule has 0 saturated heterocycles. The summed E-state index contributed by atoms with van der Waals surface area (Å²) < 4.78 is 30.0. The van der Waals surface area contributed by atoms with Gasteiger partial charge in [0, 0.05) is 25.6 Å². The fourth-order valence-corrected chi connectivity index (χ4v) is 3.14. The summed E-state index contributed by atoms with van der Waals surface area (Å²) in [6.07, 6.45) is 3.17. The zero-order chi connectivity index (χ0) is 17.1. The van der Waals surface area contributed by atoms with Crippen LogP contribution in [0.15, 0.2) is 30.3 Å². The fraction of sp³-hybridized carbons (Fsp3) is 0.412. The molecule has 1 N–H and O–H groups in total. The molecule has 3 rings (SSSR count). The van der Waals surface area contributed by atoms with E-state index in [9.17, 15) is 13.6 Å². The summed E-state index contributed by atoms with van der Waals surface area (Å²) in [7, 11) is 1.45. The molecule has 0 fully saturated rings. The summed E-state index contributed by atoms with van der Waals surface area (Å²) in [5.74, 6) is -0.268. The van der Waals surface area contributed by atoms with Crippen molar-refractivity contribution >= 4 is 5.91 Å². The number of benzene rings is 1. The third kappa shape index (κ3) is 3.55. The van der Waals surface area contributed by atoms with Crippen LogP contribution in [0.4, 0.5) is 8.78 Å². The second-order valence-electron chi connectivity index (χ2n) is 5.87. The zero-order valence-electron chi connectivity index (χ0n) is 13.3. The summed E-state index contributed by atoms with van der Waals surface area (Å²) in [6.45, 7) is -2.45. The van der Waals surface area contributed by atoms with Crippen LogP contribution in [-0.4, -0.2) is 28.8 Å². The van der Waals surface area contributed by atoms with E-state index in [4.69, 9.17) is 0 Å². The predicted molar refractivity (Wildman–Crippen MR) is 84.3 cm³/mol. The molecular formula is C17H19F2N3O2. The number of rotatable bonds is 5. The maximum atomic E-state index is 12.3. The van der Waals surface area contributed by atoms with Gasteiger partial charge in [0.1, 0.15) is 0 Å². The number of carbonyl (C=O) groups excluding carboxylic acids is 1. The van der Waals surface area contributed by atoms with Crippen LogP contribution in [0, 0.1) is 0 Å². The van der Waals surface area contributed by atoms with Crippen molar-refractivity contribution in [3.8, 4) is 5.88 Å². The second-order valence-corrected chi connectivity index (χ2v) is 5.87. The number of fused-ring (bicyclic) bond motifs is 1. The molecule has 1 unspecified atom stereocenters. The van der Waals surface area contributed by atoms with E-state index >= 15 is 0 Å². The number of ether oxygens (including phenoxy) is 1. The van der Waals surface area contributed by atoms with Crippen LogP contribution in [0.1, 0.15) is 40.4 Å². The molecule has 128 valence electrons. The normalized spacial score (nSPS) is 16.8. The molecule has 1 aliphatic carbocycles. The molecule has 1 atom stereocenters. The van der Waals surface area contributed by atoms with E-state index in [1.165, 1.54) is 24.2 Å². The van der Waals surface area contributed by atoms with Crippen molar-refractivity contribution < 1.29 is 18.3 Å². The molecule has 1 aromatic heterocycles. The Bertz CT molecular complexity index is 730. The SMILES string of the molecule is Cn1nc(C(=O)NCC2CCCc3ccccc32)cc1OC(F)F. The first-order valence-electron chi connectivity index (χ1n) is 7.89. The van der Waals surface area contributed by atoms with Crippen LogP contribution in [0.2, 0.25) is 0 Å². The number of nitrogens with zero attached hydrogens (tertiary/aromatic N) is 2. The van der Waals surface area contributed by atoms with E-state index in [1.54, 1.807) is 0 Å². The largest absolute Gasteiger partial charge is 0.417 e. The van der Waals surface area contributed by atoms with Gasteiger partial charge in [0.25, 0.3) is 5.91 Å². The van der Waals surface area contributed by atoms with Crippen molar-refractivity contribution in [2.24, 2.45) is 7.05 Å². The number of aryl methyl sites for hydroxylation is 2. The molecule has 24 heavy (non-hydrogen) atoms. The van der Waals surface area contributed by atoms with Gasteiger partial charge in [0.2, 0.25) is 5.88 Å². The average molecular weight is 335 g/mol. The highest BCUT2D eigenvalue weighted by molar-refractivity contribution is 5.92. The summed E-state index contributed by atoms with van der Waals surface area (Å²) in [6, 6.07) is 9.47. The van der Waals surface area contributed by atoms with Gasteiger partial charge < -0.3 is 10.1 Å². The number of hydrogen-bond donors (Lipinski definition) is 1. The van der Waals surface area contributed by atoms with Crippen LogP contribution < -0.4 is 10.1 Å². The first-order chi connectivity index (χ1) is 11.5. The molecule has 5 nitrogen and oxygen atoms in total. The molecule has 0 aliphatic heterocycles. The van der Waals surface area contributed by atoms with E-state index < -0.39 is 12.5 Å². The first kappa shape index (κ1) is 16.4. The third-order valence-electron chi connectivity index (χ3n) is 4.28. The first-order valence-corrected chi connectivity index (χ1v) is 7.89. The number of amides is 1. The quantitative estimate of drug-likeness (QED) is 0.914. The monoisotopic (exact) mass is 335 g/mol. The van der Waals surface area contributed by atoms with Crippen molar-refractivity contribution in [3.63, 3.8) is 0 Å². The molecule has 0 spiro atoms. The van der Waals surface area contributed by atoms with Gasteiger partial charge in [0.15, 0.2) is 5.69 Å². The maximum absolute atomic E-state index is 12.3. The van der Waals surface area contributed by atoms with Crippen molar-refractivity contribution in [1.82, 2.24) is 15.1 Å². The highest BCUT2D eigenvalue weighted by Gasteiger charge is 2.22. The Kier molecular flexibility index (Phi) is 4.78. The van der Waals surface area contributed by atoms with Gasteiger partial charge in [-0.1, -0.05) is 24.3 Å². The minimum atomic E-state index is -2.95.